The maximum absolute atomic E-state index is 12.3. The second-order valence-corrected chi connectivity index (χ2v) is 18.4. The standard InChI is InChI=1S/C53H60O7.C3H6/c1-10-48(55)52(8,9)57-34-32-50(4,5)60-43-27-23-40(24-28-43)53(39-21-25-42(26-22-39)59-49(2,3)31-33-56-51(6,7)37-54)36-46(38-17-13-11-14-18-38)45-30-29-44(35-47(45)53)58-41-19-15-12-16-20-41;1-3-2/h10-30,35,37,46H,1,31-34,36H2,2-9H3;3H,1H2,2H3. The van der Waals surface area contributed by atoms with Crippen molar-refractivity contribution in [3.8, 4) is 23.0 Å². The van der Waals surface area contributed by atoms with Crippen LogP contribution in [-0.4, -0.2) is 47.7 Å². The number of fused-ring (bicyclic) bond motifs is 1. The molecule has 7 nitrogen and oxygen atoms in total. The molecule has 2 unspecified atom stereocenters. The highest BCUT2D eigenvalue weighted by Crippen LogP contribution is 2.57. The summed E-state index contributed by atoms with van der Waals surface area (Å²) < 4.78 is 31.4. The van der Waals surface area contributed by atoms with Crippen LogP contribution in [0, 0.1) is 0 Å². The van der Waals surface area contributed by atoms with Crippen LogP contribution >= 0.6 is 0 Å². The van der Waals surface area contributed by atoms with Gasteiger partial charge in [0.1, 0.15) is 45.4 Å². The number of hydrogen-bond donors (Lipinski definition) is 0. The Bertz CT molecular complexity index is 2270. The number of rotatable bonds is 20. The molecule has 0 bridgehead atoms. The van der Waals surface area contributed by atoms with Crippen LogP contribution < -0.4 is 14.2 Å². The van der Waals surface area contributed by atoms with Crippen LogP contribution in [0.2, 0.25) is 0 Å². The number of ether oxygens (including phenoxy) is 5. The molecular formula is C56H66O7. The zero-order chi connectivity index (χ0) is 45.9. The van der Waals surface area contributed by atoms with E-state index in [9.17, 15) is 9.59 Å². The molecule has 0 saturated heterocycles. The van der Waals surface area contributed by atoms with Crippen molar-refractivity contribution in [1.82, 2.24) is 0 Å². The van der Waals surface area contributed by atoms with Crippen molar-refractivity contribution in [1.29, 1.82) is 0 Å². The largest absolute Gasteiger partial charge is 0.488 e. The van der Waals surface area contributed by atoms with Gasteiger partial charge in [0.15, 0.2) is 12.1 Å². The van der Waals surface area contributed by atoms with E-state index in [0.717, 1.165) is 46.8 Å². The van der Waals surface area contributed by atoms with Crippen LogP contribution in [0.3, 0.4) is 0 Å². The van der Waals surface area contributed by atoms with Gasteiger partial charge in [-0.15, -0.1) is 6.58 Å². The van der Waals surface area contributed by atoms with E-state index in [4.69, 9.17) is 23.7 Å². The first-order valence-corrected chi connectivity index (χ1v) is 21.9. The van der Waals surface area contributed by atoms with E-state index in [1.54, 1.807) is 33.8 Å². The Morgan fingerprint density at radius 3 is 1.62 bits per heavy atom. The first kappa shape index (κ1) is 48.3. The van der Waals surface area contributed by atoms with E-state index in [2.05, 4.69) is 110 Å². The molecule has 5 aromatic rings. The first-order chi connectivity index (χ1) is 29.9. The van der Waals surface area contributed by atoms with Crippen LogP contribution in [0.5, 0.6) is 23.0 Å². The van der Waals surface area contributed by atoms with E-state index in [0.29, 0.717) is 26.1 Å². The maximum atomic E-state index is 12.3. The highest BCUT2D eigenvalue weighted by Gasteiger charge is 2.47. The van der Waals surface area contributed by atoms with Crippen LogP contribution in [-0.2, 0) is 24.5 Å². The predicted octanol–water partition coefficient (Wildman–Crippen LogP) is 13.2. The molecule has 0 amide bonds. The molecule has 1 aliphatic carbocycles. The van der Waals surface area contributed by atoms with E-state index in [-0.39, 0.29) is 11.7 Å². The minimum absolute atomic E-state index is 0.115. The van der Waals surface area contributed by atoms with Crippen molar-refractivity contribution in [2.24, 2.45) is 0 Å². The minimum atomic E-state index is -0.945. The number of carbonyl (C=O) groups is 2. The molecule has 0 radical (unpaired) electrons. The first-order valence-electron chi connectivity index (χ1n) is 21.9. The number of benzene rings is 5. The fourth-order valence-corrected chi connectivity index (χ4v) is 7.94. The normalized spacial score (nSPS) is 16.2. The van der Waals surface area contributed by atoms with Gasteiger partial charge in [-0.25, -0.2) is 0 Å². The lowest BCUT2D eigenvalue weighted by Crippen LogP contribution is -2.37. The molecule has 332 valence electrons. The third-order valence-corrected chi connectivity index (χ3v) is 11.4. The van der Waals surface area contributed by atoms with Crippen molar-refractivity contribution in [3.63, 3.8) is 0 Å². The van der Waals surface area contributed by atoms with Crippen molar-refractivity contribution in [3.05, 3.63) is 181 Å². The fourth-order valence-electron chi connectivity index (χ4n) is 7.94. The van der Waals surface area contributed by atoms with Crippen LogP contribution in [0.4, 0.5) is 0 Å². The van der Waals surface area contributed by atoms with Gasteiger partial charge in [-0.05, 0) is 151 Å². The van der Waals surface area contributed by atoms with Crippen molar-refractivity contribution < 1.29 is 33.3 Å². The molecule has 0 spiro atoms. The quantitative estimate of drug-likeness (QED) is 0.0438. The van der Waals surface area contributed by atoms with Gasteiger partial charge in [0.25, 0.3) is 0 Å². The Kier molecular flexibility index (Phi) is 15.8. The summed E-state index contributed by atoms with van der Waals surface area (Å²) in [7, 11) is 0. The molecule has 0 aliphatic heterocycles. The molecule has 0 aromatic heterocycles. The highest BCUT2D eigenvalue weighted by atomic mass is 16.5. The molecule has 0 saturated carbocycles. The van der Waals surface area contributed by atoms with Crippen LogP contribution in [0.15, 0.2) is 153 Å². The fraction of sp³-hybridized carbons (Fsp3) is 0.357. The van der Waals surface area contributed by atoms with Crippen LogP contribution in [0.1, 0.15) is 115 Å². The molecule has 6 rings (SSSR count). The molecule has 1 aliphatic rings. The number of hydrogen-bond acceptors (Lipinski definition) is 7. The zero-order valence-electron chi connectivity index (χ0n) is 38.7. The monoisotopic (exact) mass is 850 g/mol. The van der Waals surface area contributed by atoms with Gasteiger partial charge in [0, 0.05) is 24.2 Å². The molecule has 5 aromatic carbocycles. The Labute approximate surface area is 376 Å². The molecule has 7 heteroatoms. The molecule has 63 heavy (non-hydrogen) atoms. The Morgan fingerprint density at radius 1 is 0.651 bits per heavy atom. The van der Waals surface area contributed by atoms with Gasteiger partial charge in [-0.1, -0.05) is 91.5 Å². The van der Waals surface area contributed by atoms with Crippen LogP contribution in [0.25, 0.3) is 0 Å². The lowest BCUT2D eigenvalue weighted by molar-refractivity contribution is -0.136. The van der Waals surface area contributed by atoms with Crippen molar-refractivity contribution in [2.45, 2.75) is 115 Å². The average Bonchev–Trinajstić information content (AvgIpc) is 3.59. The van der Waals surface area contributed by atoms with Gasteiger partial charge in [-0.2, -0.15) is 0 Å². The summed E-state index contributed by atoms with van der Waals surface area (Å²) in [6.07, 6.45) is 5.86. The van der Waals surface area contributed by atoms with Gasteiger partial charge in [-0.3, -0.25) is 4.79 Å². The van der Waals surface area contributed by atoms with Gasteiger partial charge in [0.05, 0.1) is 13.2 Å². The number of ketones is 1. The Hall–Kier alpha value is -5.76. The van der Waals surface area contributed by atoms with E-state index >= 15 is 0 Å². The number of para-hydroxylation sites is 1. The summed E-state index contributed by atoms with van der Waals surface area (Å²) >= 11 is 0. The topological polar surface area (TPSA) is 80.3 Å². The van der Waals surface area contributed by atoms with E-state index in [1.807, 2.05) is 65.0 Å². The summed E-state index contributed by atoms with van der Waals surface area (Å²) in [4.78, 5) is 23.7. The minimum Gasteiger partial charge on any atom is -0.488 e. The summed E-state index contributed by atoms with van der Waals surface area (Å²) in [6.45, 7) is 24.8. The molecular weight excluding hydrogens is 785 g/mol. The highest BCUT2D eigenvalue weighted by molar-refractivity contribution is 5.95. The third kappa shape index (κ3) is 12.5. The lowest BCUT2D eigenvalue weighted by atomic mass is 9.69. The Morgan fingerprint density at radius 2 is 1.13 bits per heavy atom. The van der Waals surface area contributed by atoms with Crippen molar-refractivity contribution >= 4 is 12.1 Å². The average molecular weight is 851 g/mol. The number of aldehydes is 1. The second kappa shape index (κ2) is 20.6. The summed E-state index contributed by atoms with van der Waals surface area (Å²) in [5.41, 5.74) is 2.49. The van der Waals surface area contributed by atoms with Gasteiger partial charge in [0.2, 0.25) is 0 Å². The van der Waals surface area contributed by atoms with E-state index in [1.165, 1.54) is 22.8 Å². The van der Waals surface area contributed by atoms with Gasteiger partial charge < -0.3 is 28.5 Å². The SMILES string of the molecule is C=CC.C=CC(=O)C(C)(C)OCCC(C)(C)Oc1ccc(C2(c3ccc(OC(C)(C)CCOC(C)(C)C=O)cc3)CC(c3ccccc3)c3ccc(Oc4ccccc4)cc32)cc1. The van der Waals surface area contributed by atoms with E-state index < -0.39 is 27.8 Å². The molecule has 0 heterocycles. The Balaban J connectivity index is 0.00000242. The third-order valence-electron chi connectivity index (χ3n) is 11.4. The summed E-state index contributed by atoms with van der Waals surface area (Å²) in [5.74, 6) is 2.99. The maximum Gasteiger partial charge on any atom is 0.186 e. The zero-order valence-corrected chi connectivity index (χ0v) is 38.7. The van der Waals surface area contributed by atoms with Gasteiger partial charge >= 0.3 is 0 Å². The second-order valence-electron chi connectivity index (χ2n) is 18.4. The predicted molar refractivity (Wildman–Crippen MR) is 254 cm³/mol. The number of carbonyl (C=O) groups excluding carboxylic acids is 2. The lowest BCUT2D eigenvalue weighted by Gasteiger charge is -2.34. The summed E-state index contributed by atoms with van der Waals surface area (Å²) in [6, 6.07) is 44.1. The number of allylic oxidation sites excluding steroid dienone is 1. The molecule has 0 fully saturated rings. The molecule has 2 atom stereocenters. The van der Waals surface area contributed by atoms with Crippen molar-refractivity contribution in [2.75, 3.05) is 13.2 Å². The smallest absolute Gasteiger partial charge is 0.186 e. The summed E-state index contributed by atoms with van der Waals surface area (Å²) in [5, 5.41) is 0. The molecule has 0 N–H and O–H groups in total.